The Hall–Kier alpha value is -1.68. The summed E-state index contributed by atoms with van der Waals surface area (Å²) >= 11 is 0. The van der Waals surface area contributed by atoms with Gasteiger partial charge in [0.15, 0.2) is 0 Å². The van der Waals surface area contributed by atoms with Gasteiger partial charge in [-0.15, -0.1) is 0 Å². The van der Waals surface area contributed by atoms with Crippen LogP contribution >= 0.6 is 0 Å². The molecule has 0 saturated heterocycles. The number of hydrogen-bond acceptors (Lipinski definition) is 3. The zero-order valence-electron chi connectivity index (χ0n) is 12.1. The molecule has 2 heterocycles. The highest BCUT2D eigenvalue weighted by molar-refractivity contribution is 5.37. The average Bonchev–Trinajstić information content (AvgIpc) is 2.64. The lowest BCUT2D eigenvalue weighted by Crippen LogP contribution is -2.18. The van der Waals surface area contributed by atoms with E-state index in [4.69, 9.17) is 5.73 Å². The number of hydrogen-bond donors (Lipinski definition) is 1. The lowest BCUT2D eigenvalue weighted by Gasteiger charge is -2.08. The summed E-state index contributed by atoms with van der Waals surface area (Å²) < 4.78 is 1.98. The van der Waals surface area contributed by atoms with Gasteiger partial charge in [0.05, 0.1) is 17.6 Å². The van der Waals surface area contributed by atoms with Gasteiger partial charge in [-0.3, -0.25) is 4.98 Å². The van der Waals surface area contributed by atoms with Gasteiger partial charge >= 0.3 is 0 Å². The maximum atomic E-state index is 5.84. The summed E-state index contributed by atoms with van der Waals surface area (Å²) in [5.41, 5.74) is 11.6. The number of rotatable bonds is 4. The van der Waals surface area contributed by atoms with Crippen LogP contribution in [0.3, 0.4) is 0 Å². The van der Waals surface area contributed by atoms with Gasteiger partial charge in [0.1, 0.15) is 0 Å². The second-order valence-corrected chi connectivity index (χ2v) is 5.15. The van der Waals surface area contributed by atoms with Crippen molar-refractivity contribution >= 4 is 0 Å². The van der Waals surface area contributed by atoms with Crippen LogP contribution in [-0.2, 0) is 12.8 Å². The largest absolute Gasteiger partial charge is 0.328 e. The molecule has 1 atom stereocenters. The summed E-state index contributed by atoms with van der Waals surface area (Å²) in [5.74, 6) is 0. The first kappa shape index (κ1) is 13.7. The molecular weight excluding hydrogens is 236 g/mol. The molecule has 0 aromatic carbocycles. The van der Waals surface area contributed by atoms with Crippen molar-refractivity contribution in [3.8, 4) is 5.69 Å². The Kier molecular flexibility index (Phi) is 4.00. The lowest BCUT2D eigenvalue weighted by molar-refractivity contribution is 0.732. The summed E-state index contributed by atoms with van der Waals surface area (Å²) in [5, 5.41) is 4.62. The van der Waals surface area contributed by atoms with Crippen molar-refractivity contribution in [1.82, 2.24) is 14.8 Å². The van der Waals surface area contributed by atoms with Crippen molar-refractivity contribution in [3.63, 3.8) is 0 Å². The molecule has 0 amide bonds. The summed E-state index contributed by atoms with van der Waals surface area (Å²) in [7, 11) is 0. The molecule has 0 radical (unpaired) electrons. The summed E-state index contributed by atoms with van der Waals surface area (Å²) in [6.07, 6.45) is 5.56. The number of nitrogens with zero attached hydrogens (tertiary/aromatic N) is 3. The fourth-order valence-electron chi connectivity index (χ4n) is 2.51. The van der Waals surface area contributed by atoms with Crippen LogP contribution in [0.15, 0.2) is 18.5 Å². The van der Waals surface area contributed by atoms with Crippen molar-refractivity contribution < 1.29 is 0 Å². The average molecular weight is 258 g/mol. The number of aryl methyl sites for hydroxylation is 1. The Morgan fingerprint density at radius 2 is 2.05 bits per heavy atom. The van der Waals surface area contributed by atoms with Crippen LogP contribution in [0.2, 0.25) is 0 Å². The van der Waals surface area contributed by atoms with Crippen molar-refractivity contribution in [1.29, 1.82) is 0 Å². The molecule has 0 spiro atoms. The van der Waals surface area contributed by atoms with E-state index in [0.717, 1.165) is 29.8 Å². The van der Waals surface area contributed by atoms with E-state index in [0.29, 0.717) is 0 Å². The second kappa shape index (κ2) is 5.53. The molecular formula is C15H22N4. The molecule has 0 fully saturated rings. The fourth-order valence-corrected chi connectivity index (χ4v) is 2.51. The van der Waals surface area contributed by atoms with E-state index in [1.807, 2.05) is 24.0 Å². The highest BCUT2D eigenvalue weighted by Crippen LogP contribution is 2.18. The van der Waals surface area contributed by atoms with Gasteiger partial charge in [-0.2, -0.15) is 5.10 Å². The van der Waals surface area contributed by atoms with E-state index < -0.39 is 0 Å². The van der Waals surface area contributed by atoms with Gasteiger partial charge in [-0.05, 0) is 50.8 Å². The van der Waals surface area contributed by atoms with Crippen LogP contribution in [0.5, 0.6) is 0 Å². The minimum absolute atomic E-state index is 0.142. The molecule has 4 heteroatoms. The van der Waals surface area contributed by atoms with Crippen LogP contribution < -0.4 is 5.73 Å². The van der Waals surface area contributed by atoms with Crippen LogP contribution in [0.1, 0.15) is 36.4 Å². The van der Waals surface area contributed by atoms with E-state index in [9.17, 15) is 0 Å². The first-order valence-electron chi connectivity index (χ1n) is 6.78. The van der Waals surface area contributed by atoms with E-state index >= 15 is 0 Å². The normalized spacial score (nSPS) is 12.7. The quantitative estimate of drug-likeness (QED) is 0.915. The molecule has 2 N–H and O–H groups in total. The third kappa shape index (κ3) is 2.84. The minimum atomic E-state index is 0.142. The molecule has 0 bridgehead atoms. The molecule has 1 unspecified atom stereocenters. The molecule has 0 aliphatic rings. The molecule has 2 aromatic rings. The van der Waals surface area contributed by atoms with E-state index in [-0.39, 0.29) is 6.04 Å². The van der Waals surface area contributed by atoms with Crippen LogP contribution in [0, 0.1) is 13.8 Å². The highest BCUT2D eigenvalue weighted by Gasteiger charge is 2.11. The first-order valence-corrected chi connectivity index (χ1v) is 6.78. The van der Waals surface area contributed by atoms with Crippen LogP contribution in [0.4, 0.5) is 0 Å². The van der Waals surface area contributed by atoms with E-state index in [2.05, 4.69) is 36.9 Å². The van der Waals surface area contributed by atoms with Crippen LogP contribution in [-0.4, -0.2) is 20.8 Å². The second-order valence-electron chi connectivity index (χ2n) is 5.15. The SMILES string of the molecule is CCc1c(C)nn(-c2cncc(CC(C)N)c2)c1C. The molecule has 2 aromatic heterocycles. The zero-order chi connectivity index (χ0) is 14.0. The number of nitrogens with two attached hydrogens (primary N) is 1. The molecule has 0 aliphatic carbocycles. The first-order chi connectivity index (χ1) is 9.02. The summed E-state index contributed by atoms with van der Waals surface area (Å²) in [4.78, 5) is 4.30. The predicted octanol–water partition coefficient (Wildman–Crippen LogP) is 2.34. The molecule has 19 heavy (non-hydrogen) atoms. The van der Waals surface area contributed by atoms with Crippen molar-refractivity contribution in [2.24, 2.45) is 5.73 Å². The summed E-state index contributed by atoms with van der Waals surface area (Å²) in [6.45, 7) is 8.33. The van der Waals surface area contributed by atoms with E-state index in [1.54, 1.807) is 0 Å². The lowest BCUT2D eigenvalue weighted by atomic mass is 10.1. The Labute approximate surface area is 114 Å². The smallest absolute Gasteiger partial charge is 0.0834 e. The van der Waals surface area contributed by atoms with Crippen molar-refractivity contribution in [3.05, 3.63) is 41.0 Å². The zero-order valence-corrected chi connectivity index (χ0v) is 12.1. The molecule has 0 aliphatic heterocycles. The van der Waals surface area contributed by atoms with Crippen LogP contribution in [0.25, 0.3) is 5.69 Å². The van der Waals surface area contributed by atoms with Crippen molar-refractivity contribution in [2.45, 2.75) is 46.6 Å². The molecule has 0 saturated carbocycles. The molecule has 2 rings (SSSR count). The van der Waals surface area contributed by atoms with Gasteiger partial charge in [-0.25, -0.2) is 4.68 Å². The van der Waals surface area contributed by atoms with Gasteiger partial charge in [0.2, 0.25) is 0 Å². The third-order valence-corrected chi connectivity index (χ3v) is 3.38. The third-order valence-electron chi connectivity index (χ3n) is 3.38. The Balaban J connectivity index is 2.42. The van der Waals surface area contributed by atoms with Gasteiger partial charge in [0, 0.05) is 17.9 Å². The molecule has 4 nitrogen and oxygen atoms in total. The van der Waals surface area contributed by atoms with Crippen molar-refractivity contribution in [2.75, 3.05) is 0 Å². The Bertz CT molecular complexity index is 570. The maximum absolute atomic E-state index is 5.84. The van der Waals surface area contributed by atoms with Gasteiger partial charge in [-0.1, -0.05) is 6.92 Å². The number of pyridine rings is 1. The maximum Gasteiger partial charge on any atom is 0.0834 e. The Morgan fingerprint density at radius 1 is 1.32 bits per heavy atom. The minimum Gasteiger partial charge on any atom is -0.328 e. The van der Waals surface area contributed by atoms with Gasteiger partial charge in [0.25, 0.3) is 0 Å². The fraction of sp³-hybridized carbons (Fsp3) is 0.467. The predicted molar refractivity (Wildman–Crippen MR) is 77.6 cm³/mol. The standard InChI is InChI=1S/C15H22N4/c1-5-15-11(3)18-19(12(15)4)14-7-13(6-10(2)16)8-17-9-14/h7-10H,5-6,16H2,1-4H3. The monoisotopic (exact) mass is 258 g/mol. The highest BCUT2D eigenvalue weighted by atomic mass is 15.3. The van der Waals surface area contributed by atoms with E-state index in [1.165, 1.54) is 11.3 Å². The summed E-state index contributed by atoms with van der Waals surface area (Å²) in [6, 6.07) is 2.26. The Morgan fingerprint density at radius 3 is 2.63 bits per heavy atom. The number of aromatic nitrogens is 3. The topological polar surface area (TPSA) is 56.7 Å². The van der Waals surface area contributed by atoms with Gasteiger partial charge < -0.3 is 5.73 Å². The molecule has 102 valence electrons.